The van der Waals surface area contributed by atoms with Gasteiger partial charge in [0.25, 0.3) is 0 Å². The van der Waals surface area contributed by atoms with E-state index in [0.29, 0.717) is 6.54 Å². The van der Waals surface area contributed by atoms with Gasteiger partial charge in [0.1, 0.15) is 12.3 Å². The molecule has 1 aromatic carbocycles. The fourth-order valence-corrected chi connectivity index (χ4v) is 1.95. The number of phenolic OH excluding ortho intramolecular Hbond substituents is 1. The quantitative estimate of drug-likeness (QED) is 0.765. The minimum absolute atomic E-state index is 0.284. The zero-order valence-electron chi connectivity index (χ0n) is 10.8. The van der Waals surface area contributed by atoms with Crippen LogP contribution in [0.2, 0.25) is 0 Å². The Morgan fingerprint density at radius 2 is 1.95 bits per heavy atom. The second-order valence-electron chi connectivity index (χ2n) is 4.55. The molecule has 0 spiro atoms. The number of benzene rings is 1. The number of hydrogen-bond acceptors (Lipinski definition) is 5. The van der Waals surface area contributed by atoms with E-state index in [2.05, 4.69) is 15.5 Å². The lowest BCUT2D eigenvalue weighted by Gasteiger charge is -1.99. The lowest BCUT2D eigenvalue weighted by Crippen LogP contribution is -1.98. The highest BCUT2D eigenvalue weighted by Gasteiger charge is 2.04. The third-order valence-corrected chi connectivity index (χ3v) is 3.00. The van der Waals surface area contributed by atoms with Crippen LogP contribution >= 0.6 is 0 Å². The molecule has 6 heteroatoms. The average molecular weight is 270 g/mol. The van der Waals surface area contributed by atoms with Crippen molar-refractivity contribution >= 4 is 0 Å². The van der Waals surface area contributed by atoms with E-state index in [1.165, 1.54) is 0 Å². The van der Waals surface area contributed by atoms with Gasteiger partial charge in [-0.15, -0.1) is 5.10 Å². The maximum atomic E-state index is 9.23. The molecule has 0 saturated heterocycles. The number of phenols is 1. The lowest BCUT2D eigenvalue weighted by atomic mass is 10.1. The van der Waals surface area contributed by atoms with Crippen molar-refractivity contribution in [3.8, 4) is 5.75 Å². The number of aromatic hydroxyl groups is 1. The van der Waals surface area contributed by atoms with Crippen molar-refractivity contribution in [2.45, 2.75) is 19.4 Å². The predicted molar refractivity (Wildman–Crippen MR) is 71.1 cm³/mol. The van der Waals surface area contributed by atoms with Gasteiger partial charge in [0.2, 0.25) is 0 Å². The molecule has 0 atom stereocenters. The van der Waals surface area contributed by atoms with Crippen molar-refractivity contribution in [2.75, 3.05) is 0 Å². The fourth-order valence-electron chi connectivity index (χ4n) is 1.95. The van der Waals surface area contributed by atoms with Gasteiger partial charge >= 0.3 is 0 Å². The van der Waals surface area contributed by atoms with Crippen molar-refractivity contribution in [3.05, 3.63) is 59.7 Å². The minimum atomic E-state index is 0.284. The molecule has 3 rings (SSSR count). The van der Waals surface area contributed by atoms with Gasteiger partial charge in [0, 0.05) is 12.3 Å². The van der Waals surface area contributed by atoms with E-state index in [0.717, 1.165) is 29.9 Å². The van der Waals surface area contributed by atoms with Crippen molar-refractivity contribution in [1.29, 1.82) is 0 Å². The molecule has 0 aliphatic heterocycles. The Kier molecular flexibility index (Phi) is 3.45. The Labute approximate surface area is 115 Å². The van der Waals surface area contributed by atoms with Crippen LogP contribution in [0.4, 0.5) is 0 Å². The average Bonchev–Trinajstić information content (AvgIpc) is 3.11. The molecule has 0 aliphatic rings. The number of hydrogen-bond donors (Lipinski definition) is 1. The second-order valence-corrected chi connectivity index (χ2v) is 4.55. The maximum Gasteiger partial charge on any atom is 0.158 e. The van der Waals surface area contributed by atoms with Gasteiger partial charge in [-0.05, 0) is 30.5 Å². The topological polar surface area (TPSA) is 77.0 Å². The summed E-state index contributed by atoms with van der Waals surface area (Å²) >= 11 is 0. The first-order valence-electron chi connectivity index (χ1n) is 6.36. The molecule has 0 radical (unpaired) electrons. The van der Waals surface area contributed by atoms with Gasteiger partial charge in [-0.2, -0.15) is 0 Å². The summed E-state index contributed by atoms with van der Waals surface area (Å²) in [5.41, 5.74) is 2.09. The van der Waals surface area contributed by atoms with Gasteiger partial charge < -0.3 is 9.63 Å². The second kappa shape index (κ2) is 5.56. The van der Waals surface area contributed by atoms with E-state index in [-0.39, 0.29) is 5.75 Å². The Morgan fingerprint density at radius 3 is 2.70 bits per heavy atom. The van der Waals surface area contributed by atoms with E-state index in [4.69, 9.17) is 4.52 Å². The summed E-state index contributed by atoms with van der Waals surface area (Å²) in [6.45, 7) is 0.534. The molecule has 0 amide bonds. The van der Waals surface area contributed by atoms with Gasteiger partial charge in [0.15, 0.2) is 5.76 Å². The summed E-state index contributed by atoms with van der Waals surface area (Å²) in [7, 11) is 0. The number of aryl methyl sites for hydroxylation is 2. The number of aromatic nitrogens is 4. The van der Waals surface area contributed by atoms with Crippen molar-refractivity contribution < 1.29 is 9.63 Å². The highest BCUT2D eigenvalue weighted by Crippen LogP contribution is 2.11. The van der Waals surface area contributed by atoms with E-state index in [1.54, 1.807) is 29.1 Å². The summed E-state index contributed by atoms with van der Waals surface area (Å²) < 4.78 is 6.75. The summed E-state index contributed by atoms with van der Waals surface area (Å²) in [5.74, 6) is 1.03. The highest BCUT2D eigenvalue weighted by molar-refractivity contribution is 5.26. The number of nitrogens with zero attached hydrogens (tertiary/aromatic N) is 4. The van der Waals surface area contributed by atoms with Gasteiger partial charge in [-0.1, -0.05) is 22.5 Å². The summed E-state index contributed by atoms with van der Waals surface area (Å²) in [4.78, 5) is 0. The first-order valence-corrected chi connectivity index (χ1v) is 6.36. The molecule has 0 bridgehead atoms. The molecule has 2 heterocycles. The van der Waals surface area contributed by atoms with Gasteiger partial charge in [0.05, 0.1) is 11.9 Å². The van der Waals surface area contributed by atoms with Crippen molar-refractivity contribution in [3.63, 3.8) is 0 Å². The van der Waals surface area contributed by atoms with Crippen LogP contribution in [0.5, 0.6) is 5.75 Å². The van der Waals surface area contributed by atoms with Crippen LogP contribution in [-0.4, -0.2) is 25.3 Å². The molecule has 0 saturated carbocycles. The molecule has 102 valence electrons. The zero-order valence-corrected chi connectivity index (χ0v) is 10.8. The molecule has 0 unspecified atom stereocenters. The third-order valence-electron chi connectivity index (χ3n) is 3.00. The largest absolute Gasteiger partial charge is 0.508 e. The first-order chi connectivity index (χ1) is 9.79. The molecule has 6 nitrogen and oxygen atoms in total. The molecule has 3 aromatic rings. The van der Waals surface area contributed by atoms with Crippen LogP contribution in [0.1, 0.15) is 17.0 Å². The Hall–Kier alpha value is -2.63. The molecule has 20 heavy (non-hydrogen) atoms. The molecule has 1 N–H and O–H groups in total. The van der Waals surface area contributed by atoms with Crippen LogP contribution in [0.25, 0.3) is 0 Å². The monoisotopic (exact) mass is 270 g/mol. The maximum absolute atomic E-state index is 9.23. The van der Waals surface area contributed by atoms with E-state index >= 15 is 0 Å². The van der Waals surface area contributed by atoms with Gasteiger partial charge in [-0.3, -0.25) is 0 Å². The standard InChI is InChI=1S/C14H14N4O2/c19-13-5-2-11(3-6-13)1-4-12-9-18(17-16-12)10-14-7-8-15-20-14/h2-3,5-9,19H,1,4,10H2. The van der Waals surface area contributed by atoms with Gasteiger partial charge in [-0.25, -0.2) is 4.68 Å². The van der Waals surface area contributed by atoms with Crippen LogP contribution in [0.3, 0.4) is 0 Å². The van der Waals surface area contributed by atoms with Crippen LogP contribution in [-0.2, 0) is 19.4 Å². The molecule has 0 fully saturated rings. The Bertz CT molecular complexity index is 659. The van der Waals surface area contributed by atoms with Crippen molar-refractivity contribution in [2.24, 2.45) is 0 Å². The first kappa shape index (κ1) is 12.4. The number of rotatable bonds is 5. The minimum Gasteiger partial charge on any atom is -0.508 e. The smallest absolute Gasteiger partial charge is 0.158 e. The van der Waals surface area contributed by atoms with Crippen LogP contribution < -0.4 is 0 Å². The van der Waals surface area contributed by atoms with E-state index in [1.807, 2.05) is 18.3 Å². The SMILES string of the molecule is Oc1ccc(CCc2cn(Cc3ccno3)nn2)cc1. The summed E-state index contributed by atoms with van der Waals surface area (Å²) in [6, 6.07) is 9.01. The summed E-state index contributed by atoms with van der Waals surface area (Å²) in [6.07, 6.45) is 5.18. The zero-order chi connectivity index (χ0) is 13.8. The van der Waals surface area contributed by atoms with Crippen molar-refractivity contribution in [1.82, 2.24) is 20.2 Å². The molecule has 0 aliphatic carbocycles. The lowest BCUT2D eigenvalue weighted by molar-refractivity contribution is 0.370. The third kappa shape index (κ3) is 3.03. The Morgan fingerprint density at radius 1 is 1.10 bits per heavy atom. The molecular formula is C14H14N4O2. The highest BCUT2D eigenvalue weighted by atomic mass is 16.5. The van der Waals surface area contributed by atoms with E-state index in [9.17, 15) is 5.11 Å². The predicted octanol–water partition coefficient (Wildman–Crippen LogP) is 1.81. The normalized spacial score (nSPS) is 10.8. The summed E-state index contributed by atoms with van der Waals surface area (Å²) in [5, 5.41) is 21.1. The molecule has 2 aromatic heterocycles. The fraction of sp³-hybridized carbons (Fsp3) is 0.214. The van der Waals surface area contributed by atoms with Crippen LogP contribution in [0.15, 0.2) is 47.2 Å². The van der Waals surface area contributed by atoms with Crippen LogP contribution in [0, 0.1) is 0 Å². The van der Waals surface area contributed by atoms with E-state index < -0.39 is 0 Å². The Balaban J connectivity index is 1.58. The molecular weight excluding hydrogens is 256 g/mol.